The molecule has 12 saturated carbocycles. The normalized spacial score (nSPS) is 33.0. The predicted octanol–water partition coefficient (Wildman–Crippen LogP) is 14.8. The summed E-state index contributed by atoms with van der Waals surface area (Å²) in [6.07, 6.45) is 32.4. The molecule has 0 amide bonds. The van der Waals surface area contributed by atoms with Crippen molar-refractivity contribution in [3.8, 4) is 12.1 Å². The van der Waals surface area contributed by atoms with Gasteiger partial charge in [-0.05, 0) is 203 Å². The highest BCUT2D eigenvalue weighted by Crippen LogP contribution is 2.58. The molecular weight excluding hydrogens is 877 g/mol. The minimum atomic E-state index is -0.347. The molecule has 0 aliphatic heterocycles. The number of carbonyl (C=O) groups excluding carboxylic acids is 4. The van der Waals surface area contributed by atoms with Gasteiger partial charge >= 0.3 is 23.9 Å². The second-order valence-electron chi connectivity index (χ2n) is 24.7. The Bertz CT molecular complexity index is 1670. The number of fused-ring (bicyclic) bond motifs is 4. The third-order valence-electron chi connectivity index (χ3n) is 17.8. The number of nitriles is 2. The molecule has 12 aliphatic carbocycles. The second kappa shape index (κ2) is 28.0. The molecule has 0 radical (unpaired) electrons. The average molecular weight is 975 g/mol. The van der Waals surface area contributed by atoms with Crippen molar-refractivity contribution in [2.75, 3.05) is 14.2 Å². The fourth-order valence-electron chi connectivity index (χ4n) is 14.0. The molecule has 12 fully saturated rings. The van der Waals surface area contributed by atoms with Crippen molar-refractivity contribution >= 4 is 23.9 Å². The number of nitrogens with zero attached hydrogens (tertiary/aromatic N) is 2. The molecule has 10 heteroatoms. The van der Waals surface area contributed by atoms with Gasteiger partial charge in [-0.1, -0.05) is 78.4 Å². The summed E-state index contributed by atoms with van der Waals surface area (Å²) in [4.78, 5) is 45.1. The van der Waals surface area contributed by atoms with E-state index in [1.54, 1.807) is 90.2 Å². The second-order valence-corrected chi connectivity index (χ2v) is 24.7. The van der Waals surface area contributed by atoms with E-state index >= 15 is 0 Å². The van der Waals surface area contributed by atoms with Gasteiger partial charge in [0.05, 0.1) is 37.2 Å². The van der Waals surface area contributed by atoms with Crippen molar-refractivity contribution in [3.63, 3.8) is 0 Å². The number of carbonyl (C=O) groups is 4. The molecule has 0 saturated heterocycles. The fraction of sp³-hybridized carbons (Fsp3) is 0.833. The summed E-state index contributed by atoms with van der Waals surface area (Å²) in [7, 11) is 2.75. The number of ether oxygens (including phenoxy) is 4. The molecule has 0 aromatic heterocycles. The van der Waals surface area contributed by atoms with Gasteiger partial charge in [-0.15, -0.1) is 0 Å². The molecule has 0 atom stereocenters. The van der Waals surface area contributed by atoms with E-state index in [-0.39, 0.29) is 45.9 Å². The van der Waals surface area contributed by atoms with Crippen LogP contribution in [0.4, 0.5) is 0 Å². The van der Waals surface area contributed by atoms with Crippen molar-refractivity contribution in [3.05, 3.63) is 24.3 Å². The Balaban J connectivity index is 0.000000226. The largest absolute Gasteiger partial charge is 0.469 e. The molecule has 0 unspecified atom stereocenters. The highest BCUT2D eigenvalue weighted by molar-refractivity contribution is 5.87. The van der Waals surface area contributed by atoms with Gasteiger partial charge < -0.3 is 18.9 Å². The SMILES string of the molecule is C1CC2CCC1C2.C1CC2CCC1C2.C=C(C)C(=O)OC.C=C(C)C(=O)OC12CC3CC(CC(C3)C1)C2.CC#N.CC#N.CCC(C)(C)C(=O)OC.CCC(C)(C)C(=O)OC12CC3CC(CC(C3)C1)C2. The first-order chi connectivity index (χ1) is 32.9. The molecule has 12 rings (SSSR count). The molecule has 0 spiro atoms. The molecule has 0 N–H and O–H groups in total. The van der Waals surface area contributed by atoms with Crippen molar-refractivity contribution in [1.29, 1.82) is 10.5 Å². The lowest BCUT2D eigenvalue weighted by Crippen LogP contribution is -2.53. The van der Waals surface area contributed by atoms with E-state index in [4.69, 9.17) is 20.0 Å². The summed E-state index contributed by atoms with van der Waals surface area (Å²) in [5.41, 5.74) is 0.166. The predicted molar refractivity (Wildman–Crippen MR) is 278 cm³/mol. The molecule has 12 bridgehead atoms. The highest BCUT2D eigenvalue weighted by atomic mass is 16.6. The van der Waals surface area contributed by atoms with Crippen molar-refractivity contribution < 1.29 is 38.1 Å². The summed E-state index contributed by atoms with van der Waals surface area (Å²) in [5, 5.41) is 14.6. The standard InChI is InChI=1S/C16H26O2.C14H20O2.C7H14O2.2C7H12.C5H8O2.2C2H3N/c1-4-15(2,3)14(17)18-16-8-11-5-12(9-16)7-13(6-11)10-16;1-9(2)13(15)16-14-6-10-3-11(7-14)5-12(4-10)8-14;1-5-7(2,3)6(8)9-4;2*1-2-7-4-3-6(1)5-7;1-4(2)5(6)7-3;2*1-2-3/h11-13H,4-10H2,1-3H3;10-12H,1,3-8H2,2H3;5H2,1-4H3;2*6-7H,1-5H2;1H2,2-3H3;2*1H3. The van der Waals surface area contributed by atoms with Crippen molar-refractivity contribution in [2.45, 2.75) is 235 Å². The fourth-order valence-corrected chi connectivity index (χ4v) is 14.0. The molecular formula is C60H98N2O8. The Morgan fingerprint density at radius 3 is 0.886 bits per heavy atom. The molecule has 396 valence electrons. The lowest BCUT2D eigenvalue weighted by Gasteiger charge is -2.56. The Kier molecular flexibility index (Phi) is 24.2. The molecule has 0 heterocycles. The molecule has 12 aliphatic rings. The van der Waals surface area contributed by atoms with Crippen molar-refractivity contribution in [1.82, 2.24) is 0 Å². The summed E-state index contributed by atoms with van der Waals surface area (Å²) < 4.78 is 20.7. The van der Waals surface area contributed by atoms with Crippen LogP contribution in [0.1, 0.15) is 223 Å². The van der Waals surface area contributed by atoms with E-state index in [9.17, 15) is 19.2 Å². The van der Waals surface area contributed by atoms with E-state index in [0.717, 1.165) is 86.9 Å². The van der Waals surface area contributed by atoms with Crippen LogP contribution in [0.15, 0.2) is 24.3 Å². The zero-order valence-corrected chi connectivity index (χ0v) is 46.3. The van der Waals surface area contributed by atoms with Crippen LogP contribution < -0.4 is 0 Å². The van der Waals surface area contributed by atoms with E-state index in [1.807, 2.05) is 34.6 Å². The smallest absolute Gasteiger partial charge is 0.333 e. The van der Waals surface area contributed by atoms with E-state index in [2.05, 4.69) is 29.6 Å². The van der Waals surface area contributed by atoms with E-state index in [1.165, 1.54) is 90.3 Å². The van der Waals surface area contributed by atoms with Crippen LogP contribution in [-0.4, -0.2) is 49.3 Å². The van der Waals surface area contributed by atoms with Gasteiger partial charge in [0.15, 0.2) is 0 Å². The summed E-state index contributed by atoms with van der Waals surface area (Å²) in [6, 6.07) is 3.50. The molecule has 70 heavy (non-hydrogen) atoms. The number of hydrogen-bond acceptors (Lipinski definition) is 10. The van der Waals surface area contributed by atoms with Crippen molar-refractivity contribution in [2.24, 2.45) is 70.0 Å². The maximum Gasteiger partial charge on any atom is 0.333 e. The van der Waals surface area contributed by atoms with Gasteiger partial charge in [-0.3, -0.25) is 9.59 Å². The van der Waals surface area contributed by atoms with Crippen LogP contribution in [0.2, 0.25) is 0 Å². The zero-order chi connectivity index (χ0) is 52.5. The van der Waals surface area contributed by atoms with Gasteiger partial charge in [-0.25, -0.2) is 9.59 Å². The third-order valence-corrected chi connectivity index (χ3v) is 17.8. The van der Waals surface area contributed by atoms with Crippen LogP contribution in [0.25, 0.3) is 0 Å². The Labute approximate surface area is 426 Å². The van der Waals surface area contributed by atoms with Crippen LogP contribution in [0.3, 0.4) is 0 Å². The van der Waals surface area contributed by atoms with Gasteiger partial charge in [0.25, 0.3) is 0 Å². The number of rotatable bonds is 8. The summed E-state index contributed by atoms with van der Waals surface area (Å²) in [5.74, 6) is 9.05. The zero-order valence-electron chi connectivity index (χ0n) is 46.3. The van der Waals surface area contributed by atoms with Gasteiger partial charge in [0.2, 0.25) is 0 Å². The van der Waals surface area contributed by atoms with Gasteiger partial charge in [0, 0.05) is 25.0 Å². The Morgan fingerprint density at radius 1 is 0.471 bits per heavy atom. The van der Waals surface area contributed by atoms with Gasteiger partial charge in [-0.2, -0.15) is 10.5 Å². The highest BCUT2D eigenvalue weighted by Gasteiger charge is 2.55. The topological polar surface area (TPSA) is 153 Å². The first kappa shape index (κ1) is 60.6. The maximum atomic E-state index is 12.4. The monoisotopic (exact) mass is 975 g/mol. The lowest BCUT2D eigenvalue weighted by molar-refractivity contribution is -0.196. The average Bonchev–Trinajstić information content (AvgIpc) is 4.15. The molecule has 0 aromatic carbocycles. The number of methoxy groups -OCH3 is 2. The maximum absolute atomic E-state index is 12.4. The van der Waals surface area contributed by atoms with Crippen LogP contribution in [-0.2, 0) is 38.1 Å². The lowest BCUT2D eigenvalue weighted by atomic mass is 9.54. The molecule has 10 nitrogen and oxygen atoms in total. The first-order valence-electron chi connectivity index (χ1n) is 27.5. The Morgan fingerprint density at radius 2 is 0.714 bits per heavy atom. The quantitative estimate of drug-likeness (QED) is 0.130. The van der Waals surface area contributed by atoms with Gasteiger partial charge in [0.1, 0.15) is 11.2 Å². The Hall–Kier alpha value is -3.66. The molecule has 0 aromatic rings. The van der Waals surface area contributed by atoms with Crippen LogP contribution in [0.5, 0.6) is 0 Å². The first-order valence-corrected chi connectivity index (χ1v) is 27.5. The van der Waals surface area contributed by atoms with E-state index in [0.29, 0.717) is 11.1 Å². The third kappa shape index (κ3) is 18.4. The minimum Gasteiger partial charge on any atom is -0.469 e. The summed E-state index contributed by atoms with van der Waals surface area (Å²) >= 11 is 0. The minimum absolute atomic E-state index is 0.0342. The summed E-state index contributed by atoms with van der Waals surface area (Å²) in [6.45, 7) is 25.0. The number of esters is 4. The van der Waals surface area contributed by atoms with E-state index < -0.39 is 0 Å². The van der Waals surface area contributed by atoms with Crippen LogP contribution >= 0.6 is 0 Å². The number of hydrogen-bond donors (Lipinski definition) is 0. The van der Waals surface area contributed by atoms with Crippen LogP contribution in [0, 0.1) is 92.7 Å².